The SMILES string of the molecule is Cn1nc(CNS(=O)(=O)c2ccc(Br)cc2)cc1-c1ccncc1. The lowest BCUT2D eigenvalue weighted by Gasteiger charge is -2.05. The second-order valence-electron chi connectivity index (χ2n) is 5.16. The minimum Gasteiger partial charge on any atom is -0.268 e. The van der Waals surface area contributed by atoms with Gasteiger partial charge >= 0.3 is 0 Å². The molecule has 3 aromatic rings. The van der Waals surface area contributed by atoms with Crippen LogP contribution in [0.2, 0.25) is 0 Å². The van der Waals surface area contributed by atoms with Crippen LogP contribution < -0.4 is 4.72 Å². The van der Waals surface area contributed by atoms with E-state index in [9.17, 15) is 8.42 Å². The third kappa shape index (κ3) is 3.72. The van der Waals surface area contributed by atoms with Gasteiger partial charge in [-0.15, -0.1) is 0 Å². The molecule has 0 spiro atoms. The molecule has 0 aliphatic heterocycles. The summed E-state index contributed by atoms with van der Waals surface area (Å²) in [6.07, 6.45) is 3.41. The van der Waals surface area contributed by atoms with Crippen LogP contribution in [-0.2, 0) is 23.6 Å². The van der Waals surface area contributed by atoms with E-state index in [4.69, 9.17) is 0 Å². The molecule has 1 N–H and O–H groups in total. The molecular formula is C16H15BrN4O2S. The summed E-state index contributed by atoms with van der Waals surface area (Å²) >= 11 is 3.29. The maximum Gasteiger partial charge on any atom is 0.240 e. The molecule has 0 fully saturated rings. The van der Waals surface area contributed by atoms with Crippen LogP contribution in [0.15, 0.2) is 64.2 Å². The first kappa shape index (κ1) is 16.8. The van der Waals surface area contributed by atoms with Gasteiger partial charge in [-0.3, -0.25) is 9.67 Å². The number of nitrogens with zero attached hydrogens (tertiary/aromatic N) is 3. The Bertz CT molecular complexity index is 938. The van der Waals surface area contributed by atoms with Crippen LogP contribution in [0.5, 0.6) is 0 Å². The molecular weight excluding hydrogens is 392 g/mol. The number of halogens is 1. The fourth-order valence-electron chi connectivity index (χ4n) is 2.27. The average molecular weight is 407 g/mol. The zero-order valence-corrected chi connectivity index (χ0v) is 15.3. The Morgan fingerprint density at radius 1 is 1.12 bits per heavy atom. The number of aromatic nitrogens is 3. The number of aryl methyl sites for hydroxylation is 1. The van der Waals surface area contributed by atoms with E-state index in [1.807, 2.05) is 25.2 Å². The van der Waals surface area contributed by atoms with Gasteiger partial charge in [-0.25, -0.2) is 13.1 Å². The van der Waals surface area contributed by atoms with Gasteiger partial charge in [0.2, 0.25) is 10.0 Å². The third-order valence-corrected chi connectivity index (χ3v) is 5.42. The maximum atomic E-state index is 12.3. The van der Waals surface area contributed by atoms with E-state index < -0.39 is 10.0 Å². The van der Waals surface area contributed by atoms with E-state index in [0.717, 1.165) is 15.7 Å². The van der Waals surface area contributed by atoms with Crippen molar-refractivity contribution in [1.29, 1.82) is 0 Å². The van der Waals surface area contributed by atoms with Crippen LogP contribution in [-0.4, -0.2) is 23.2 Å². The van der Waals surface area contributed by atoms with Crippen molar-refractivity contribution in [3.63, 3.8) is 0 Å². The lowest BCUT2D eigenvalue weighted by atomic mass is 10.2. The summed E-state index contributed by atoms with van der Waals surface area (Å²) in [5.74, 6) is 0. The van der Waals surface area contributed by atoms with Crippen molar-refractivity contribution < 1.29 is 8.42 Å². The monoisotopic (exact) mass is 406 g/mol. The highest BCUT2D eigenvalue weighted by molar-refractivity contribution is 9.10. The van der Waals surface area contributed by atoms with E-state index in [-0.39, 0.29) is 11.4 Å². The lowest BCUT2D eigenvalue weighted by Crippen LogP contribution is -2.23. The summed E-state index contributed by atoms with van der Waals surface area (Å²) in [5, 5.41) is 4.36. The Morgan fingerprint density at radius 3 is 2.46 bits per heavy atom. The number of nitrogens with one attached hydrogen (secondary N) is 1. The molecule has 0 saturated carbocycles. The summed E-state index contributed by atoms with van der Waals surface area (Å²) in [6.45, 7) is 0.122. The summed E-state index contributed by atoms with van der Waals surface area (Å²) in [4.78, 5) is 4.21. The van der Waals surface area contributed by atoms with Crippen LogP contribution >= 0.6 is 15.9 Å². The number of pyridine rings is 1. The van der Waals surface area contributed by atoms with Crippen LogP contribution in [0.25, 0.3) is 11.3 Å². The van der Waals surface area contributed by atoms with E-state index >= 15 is 0 Å². The van der Waals surface area contributed by atoms with Gasteiger partial charge in [-0.05, 0) is 42.5 Å². The van der Waals surface area contributed by atoms with Crippen molar-refractivity contribution >= 4 is 26.0 Å². The van der Waals surface area contributed by atoms with Gasteiger partial charge < -0.3 is 0 Å². The predicted molar refractivity (Wildman–Crippen MR) is 94.6 cm³/mol. The van der Waals surface area contributed by atoms with Crippen molar-refractivity contribution in [2.45, 2.75) is 11.4 Å². The molecule has 0 aliphatic carbocycles. The second-order valence-corrected chi connectivity index (χ2v) is 7.84. The Balaban J connectivity index is 1.77. The molecule has 3 rings (SSSR count). The number of hydrogen-bond acceptors (Lipinski definition) is 4. The van der Waals surface area contributed by atoms with Crippen LogP contribution in [0.3, 0.4) is 0 Å². The predicted octanol–water partition coefficient (Wildman–Crippen LogP) is 2.72. The van der Waals surface area contributed by atoms with Crippen LogP contribution in [0.1, 0.15) is 5.69 Å². The number of hydrogen-bond donors (Lipinski definition) is 1. The molecule has 8 heteroatoms. The van der Waals surface area contributed by atoms with Crippen molar-refractivity contribution in [2.24, 2.45) is 7.05 Å². The van der Waals surface area contributed by atoms with E-state index in [2.05, 4.69) is 30.7 Å². The molecule has 1 aromatic carbocycles. The smallest absolute Gasteiger partial charge is 0.240 e. The van der Waals surface area contributed by atoms with E-state index in [1.165, 1.54) is 0 Å². The quantitative estimate of drug-likeness (QED) is 0.706. The average Bonchev–Trinajstić information content (AvgIpc) is 2.95. The molecule has 0 amide bonds. The molecule has 0 aliphatic rings. The largest absolute Gasteiger partial charge is 0.268 e. The van der Waals surface area contributed by atoms with Crippen molar-refractivity contribution in [2.75, 3.05) is 0 Å². The first-order chi connectivity index (χ1) is 11.5. The second kappa shape index (κ2) is 6.84. The molecule has 0 radical (unpaired) electrons. The fraction of sp³-hybridized carbons (Fsp3) is 0.125. The maximum absolute atomic E-state index is 12.3. The Morgan fingerprint density at radius 2 is 1.79 bits per heavy atom. The minimum atomic E-state index is -3.57. The van der Waals surface area contributed by atoms with Crippen molar-refractivity contribution in [3.8, 4) is 11.3 Å². The van der Waals surface area contributed by atoms with E-state index in [1.54, 1.807) is 41.3 Å². The first-order valence-corrected chi connectivity index (χ1v) is 9.42. The number of benzene rings is 1. The summed E-state index contributed by atoms with van der Waals surface area (Å²) in [7, 11) is -1.75. The van der Waals surface area contributed by atoms with Gasteiger partial charge in [0.1, 0.15) is 0 Å². The van der Waals surface area contributed by atoms with Crippen molar-refractivity contribution in [3.05, 3.63) is 65.0 Å². The summed E-state index contributed by atoms with van der Waals surface area (Å²) in [5.41, 5.74) is 2.52. The summed E-state index contributed by atoms with van der Waals surface area (Å²) < 4.78 is 29.7. The first-order valence-electron chi connectivity index (χ1n) is 7.14. The molecule has 24 heavy (non-hydrogen) atoms. The van der Waals surface area contributed by atoms with Gasteiger partial charge in [0.25, 0.3) is 0 Å². The van der Waals surface area contributed by atoms with Gasteiger partial charge in [0, 0.05) is 29.5 Å². The number of rotatable bonds is 5. The normalized spacial score (nSPS) is 11.6. The molecule has 0 atom stereocenters. The molecule has 0 saturated heterocycles. The zero-order chi connectivity index (χ0) is 17.2. The molecule has 124 valence electrons. The van der Waals surface area contributed by atoms with E-state index in [0.29, 0.717) is 5.69 Å². The molecule has 2 heterocycles. The fourth-order valence-corrected chi connectivity index (χ4v) is 3.54. The molecule has 0 unspecified atom stereocenters. The Labute approximate surface area is 148 Å². The Kier molecular flexibility index (Phi) is 4.79. The van der Waals surface area contributed by atoms with Gasteiger partial charge in [-0.1, -0.05) is 15.9 Å². The standard InChI is InChI=1S/C16H15BrN4O2S/c1-21-16(12-6-8-18-9-7-12)10-14(20-21)11-19-24(22,23)15-4-2-13(17)3-5-15/h2-10,19H,11H2,1H3. The van der Waals surface area contributed by atoms with Gasteiger partial charge in [0.05, 0.1) is 22.8 Å². The number of sulfonamides is 1. The molecule has 6 nitrogen and oxygen atoms in total. The minimum absolute atomic E-state index is 0.122. The molecule has 0 bridgehead atoms. The highest BCUT2D eigenvalue weighted by Gasteiger charge is 2.15. The molecule has 2 aromatic heterocycles. The zero-order valence-electron chi connectivity index (χ0n) is 12.8. The third-order valence-electron chi connectivity index (χ3n) is 3.47. The Hall–Kier alpha value is -2.03. The van der Waals surface area contributed by atoms with Crippen molar-refractivity contribution in [1.82, 2.24) is 19.5 Å². The highest BCUT2D eigenvalue weighted by atomic mass is 79.9. The van der Waals surface area contributed by atoms with Gasteiger partial charge in [0.15, 0.2) is 0 Å². The highest BCUT2D eigenvalue weighted by Crippen LogP contribution is 2.19. The lowest BCUT2D eigenvalue weighted by molar-refractivity contribution is 0.579. The topological polar surface area (TPSA) is 76.9 Å². The summed E-state index contributed by atoms with van der Waals surface area (Å²) in [6, 6.07) is 12.1. The van der Waals surface area contributed by atoms with Crippen LogP contribution in [0.4, 0.5) is 0 Å². The van der Waals surface area contributed by atoms with Gasteiger partial charge in [-0.2, -0.15) is 5.10 Å². The van der Waals surface area contributed by atoms with Crippen LogP contribution in [0, 0.1) is 0 Å².